The predicted molar refractivity (Wildman–Crippen MR) is 47.5 cm³/mol. The second-order valence-electron chi connectivity index (χ2n) is 3.50. The smallest absolute Gasteiger partial charge is 0.255 e. The highest BCUT2D eigenvalue weighted by atomic mass is 19.3. The van der Waals surface area contributed by atoms with Crippen LogP contribution in [0.25, 0.3) is 0 Å². The van der Waals surface area contributed by atoms with Crippen molar-refractivity contribution < 1.29 is 13.5 Å². The van der Waals surface area contributed by atoms with Gasteiger partial charge in [-0.05, 0) is 6.07 Å². The zero-order valence-corrected chi connectivity index (χ0v) is 7.78. The molecule has 0 unspecified atom stereocenters. The number of halogens is 2. The highest BCUT2D eigenvalue weighted by Gasteiger charge is 2.47. The van der Waals surface area contributed by atoms with E-state index >= 15 is 0 Å². The summed E-state index contributed by atoms with van der Waals surface area (Å²) in [4.78, 5) is 3.83. The zero-order valence-electron chi connectivity index (χ0n) is 7.78. The van der Waals surface area contributed by atoms with E-state index in [4.69, 9.17) is 10.00 Å². The summed E-state index contributed by atoms with van der Waals surface area (Å²) >= 11 is 0. The van der Waals surface area contributed by atoms with Gasteiger partial charge in [-0.15, -0.1) is 0 Å². The normalized spacial score (nSPS) is 19.0. The standard InChI is InChI=1S/C10H8F2N2O/c11-10(12)3-8(4-10)15-9-2-1-7(5-13)6-14-9/h1-2,6,8H,3-4H2. The first-order valence-corrected chi connectivity index (χ1v) is 4.50. The van der Waals surface area contributed by atoms with E-state index in [-0.39, 0.29) is 18.7 Å². The monoisotopic (exact) mass is 210 g/mol. The maximum atomic E-state index is 12.5. The van der Waals surface area contributed by atoms with Gasteiger partial charge in [0.1, 0.15) is 12.2 Å². The van der Waals surface area contributed by atoms with Crippen LogP contribution < -0.4 is 4.74 Å². The summed E-state index contributed by atoms with van der Waals surface area (Å²) in [6, 6.07) is 4.96. The molecule has 0 atom stereocenters. The van der Waals surface area contributed by atoms with Gasteiger partial charge in [0.25, 0.3) is 5.92 Å². The van der Waals surface area contributed by atoms with Crippen molar-refractivity contribution in [3.63, 3.8) is 0 Å². The average Bonchev–Trinajstić information content (AvgIpc) is 2.16. The van der Waals surface area contributed by atoms with Crippen molar-refractivity contribution in [1.82, 2.24) is 4.98 Å². The molecule has 0 aliphatic heterocycles. The number of pyridine rings is 1. The molecule has 1 aromatic rings. The van der Waals surface area contributed by atoms with Crippen LogP contribution in [0.3, 0.4) is 0 Å². The summed E-state index contributed by atoms with van der Waals surface area (Å²) < 4.78 is 30.1. The number of alkyl halides is 2. The van der Waals surface area contributed by atoms with Gasteiger partial charge < -0.3 is 4.74 Å². The van der Waals surface area contributed by atoms with Crippen molar-refractivity contribution in [2.45, 2.75) is 24.9 Å². The van der Waals surface area contributed by atoms with Crippen LogP contribution in [0.15, 0.2) is 18.3 Å². The topological polar surface area (TPSA) is 45.9 Å². The molecule has 0 radical (unpaired) electrons. The Morgan fingerprint density at radius 2 is 2.20 bits per heavy atom. The average molecular weight is 210 g/mol. The Hall–Kier alpha value is -1.70. The first-order valence-electron chi connectivity index (χ1n) is 4.50. The van der Waals surface area contributed by atoms with E-state index in [0.717, 1.165) is 0 Å². The van der Waals surface area contributed by atoms with Crippen LogP contribution in [-0.2, 0) is 0 Å². The molecule has 0 bridgehead atoms. The molecule has 1 aliphatic carbocycles. The van der Waals surface area contributed by atoms with Crippen LogP contribution in [0.5, 0.6) is 5.88 Å². The summed E-state index contributed by atoms with van der Waals surface area (Å²) in [5.41, 5.74) is 0.418. The lowest BCUT2D eigenvalue weighted by Gasteiger charge is -2.34. The van der Waals surface area contributed by atoms with Crippen LogP contribution in [-0.4, -0.2) is 17.0 Å². The number of aromatic nitrogens is 1. The minimum absolute atomic E-state index is 0.255. The SMILES string of the molecule is N#Cc1ccc(OC2CC(F)(F)C2)nc1. The van der Waals surface area contributed by atoms with E-state index in [1.807, 2.05) is 6.07 Å². The van der Waals surface area contributed by atoms with Gasteiger partial charge in [0.2, 0.25) is 5.88 Å². The molecule has 1 aromatic heterocycles. The Morgan fingerprint density at radius 1 is 1.47 bits per heavy atom. The molecule has 1 aliphatic rings. The largest absolute Gasteiger partial charge is 0.474 e. The lowest BCUT2D eigenvalue weighted by molar-refractivity contribution is -0.135. The quantitative estimate of drug-likeness (QED) is 0.751. The molecule has 78 valence electrons. The van der Waals surface area contributed by atoms with E-state index in [1.54, 1.807) is 6.07 Å². The first kappa shape index (κ1) is 9.84. The predicted octanol–water partition coefficient (Wildman–Crippen LogP) is 2.13. The minimum atomic E-state index is -2.59. The van der Waals surface area contributed by atoms with Crippen LogP contribution >= 0.6 is 0 Å². The van der Waals surface area contributed by atoms with Gasteiger partial charge in [-0.2, -0.15) is 5.26 Å². The van der Waals surface area contributed by atoms with Gasteiger partial charge >= 0.3 is 0 Å². The van der Waals surface area contributed by atoms with Gasteiger partial charge in [-0.25, -0.2) is 13.8 Å². The number of hydrogen-bond acceptors (Lipinski definition) is 3. The summed E-state index contributed by atoms with van der Waals surface area (Å²) in [6.45, 7) is 0. The third-order valence-electron chi connectivity index (χ3n) is 2.21. The van der Waals surface area contributed by atoms with E-state index < -0.39 is 12.0 Å². The van der Waals surface area contributed by atoms with Crippen molar-refractivity contribution in [2.24, 2.45) is 0 Å². The van der Waals surface area contributed by atoms with Gasteiger partial charge in [0, 0.05) is 25.1 Å². The van der Waals surface area contributed by atoms with E-state index in [9.17, 15) is 8.78 Å². The number of ether oxygens (including phenoxy) is 1. The first-order chi connectivity index (χ1) is 7.09. The van der Waals surface area contributed by atoms with Crippen LogP contribution in [0, 0.1) is 11.3 Å². The molecule has 5 heteroatoms. The molecular formula is C10H8F2N2O. The highest BCUT2D eigenvalue weighted by molar-refractivity contribution is 5.28. The Bertz CT molecular complexity index is 389. The van der Waals surface area contributed by atoms with E-state index in [1.165, 1.54) is 12.3 Å². The fourth-order valence-electron chi connectivity index (χ4n) is 1.38. The fourth-order valence-corrected chi connectivity index (χ4v) is 1.38. The molecule has 1 fully saturated rings. The second-order valence-corrected chi connectivity index (χ2v) is 3.50. The van der Waals surface area contributed by atoms with Gasteiger partial charge in [-0.1, -0.05) is 0 Å². The maximum absolute atomic E-state index is 12.5. The summed E-state index contributed by atoms with van der Waals surface area (Å²) in [6.07, 6.45) is 0.385. The van der Waals surface area contributed by atoms with Crippen molar-refractivity contribution in [1.29, 1.82) is 5.26 Å². The fraction of sp³-hybridized carbons (Fsp3) is 0.400. The van der Waals surface area contributed by atoms with Gasteiger partial charge in [0.15, 0.2) is 0 Å². The molecule has 1 saturated carbocycles. The summed E-state index contributed by atoms with van der Waals surface area (Å²) in [7, 11) is 0. The van der Waals surface area contributed by atoms with Crippen molar-refractivity contribution >= 4 is 0 Å². The molecule has 15 heavy (non-hydrogen) atoms. The van der Waals surface area contributed by atoms with Gasteiger partial charge in [0.05, 0.1) is 5.56 Å². The van der Waals surface area contributed by atoms with Crippen molar-refractivity contribution in [3.8, 4) is 11.9 Å². The number of nitriles is 1. The summed E-state index contributed by atoms with van der Waals surface area (Å²) in [5.74, 6) is -2.30. The molecule has 1 heterocycles. The third-order valence-corrected chi connectivity index (χ3v) is 2.21. The Morgan fingerprint density at radius 3 is 2.67 bits per heavy atom. The highest BCUT2D eigenvalue weighted by Crippen LogP contribution is 2.39. The molecule has 0 amide bonds. The van der Waals surface area contributed by atoms with E-state index in [2.05, 4.69) is 4.98 Å². The molecule has 0 aromatic carbocycles. The van der Waals surface area contributed by atoms with Crippen LogP contribution in [0.2, 0.25) is 0 Å². The lowest BCUT2D eigenvalue weighted by Crippen LogP contribution is -2.43. The molecule has 0 N–H and O–H groups in total. The third kappa shape index (κ3) is 2.21. The lowest BCUT2D eigenvalue weighted by atomic mass is 9.91. The zero-order chi connectivity index (χ0) is 10.9. The Balaban J connectivity index is 1.93. The number of nitrogens with zero attached hydrogens (tertiary/aromatic N) is 2. The summed E-state index contributed by atoms with van der Waals surface area (Å²) in [5, 5.41) is 8.51. The Kier molecular flexibility index (Phi) is 2.27. The van der Waals surface area contributed by atoms with Gasteiger partial charge in [-0.3, -0.25) is 0 Å². The van der Waals surface area contributed by atoms with Crippen LogP contribution in [0.1, 0.15) is 18.4 Å². The van der Waals surface area contributed by atoms with Crippen molar-refractivity contribution in [2.75, 3.05) is 0 Å². The number of hydrogen-bond donors (Lipinski definition) is 0. The molecular weight excluding hydrogens is 202 g/mol. The van der Waals surface area contributed by atoms with E-state index in [0.29, 0.717) is 5.56 Å². The van der Waals surface area contributed by atoms with Crippen LogP contribution in [0.4, 0.5) is 8.78 Å². The molecule has 2 rings (SSSR count). The second kappa shape index (κ2) is 3.46. The minimum Gasteiger partial charge on any atom is -0.474 e. The maximum Gasteiger partial charge on any atom is 0.255 e. The Labute approximate surface area is 85.3 Å². The van der Waals surface area contributed by atoms with Crippen molar-refractivity contribution in [3.05, 3.63) is 23.9 Å². The molecule has 3 nitrogen and oxygen atoms in total. The number of rotatable bonds is 2. The molecule has 0 spiro atoms. The molecule has 0 saturated heterocycles.